The van der Waals surface area contributed by atoms with E-state index in [0.29, 0.717) is 18.9 Å². The number of aromatic nitrogens is 1. The molecular weight excluding hydrogens is 350 g/mol. The first kappa shape index (κ1) is 20.3. The lowest BCUT2D eigenvalue weighted by Gasteiger charge is -2.32. The molecule has 2 heterocycles. The van der Waals surface area contributed by atoms with E-state index in [-0.39, 0.29) is 5.91 Å². The molecule has 1 aromatic heterocycles. The molecule has 1 saturated heterocycles. The first-order chi connectivity index (χ1) is 13.6. The number of carbonyl (C=O) groups excluding carboxylic acids is 1. The molecule has 0 unspecified atom stereocenters. The molecule has 0 aliphatic carbocycles. The zero-order valence-corrected chi connectivity index (χ0v) is 17.0. The van der Waals surface area contributed by atoms with Crippen LogP contribution >= 0.6 is 0 Å². The van der Waals surface area contributed by atoms with Crippen LogP contribution in [0, 0.1) is 12.8 Å². The van der Waals surface area contributed by atoms with Crippen molar-refractivity contribution in [3.8, 4) is 5.75 Å². The van der Waals surface area contributed by atoms with Crippen LogP contribution in [0.4, 0.5) is 0 Å². The molecule has 5 nitrogen and oxygen atoms in total. The second-order valence-electron chi connectivity index (χ2n) is 7.68. The zero-order valence-electron chi connectivity index (χ0n) is 17.0. The Morgan fingerprint density at radius 3 is 2.96 bits per heavy atom. The molecule has 150 valence electrons. The van der Waals surface area contributed by atoms with Gasteiger partial charge in [-0.25, -0.2) is 0 Å². The van der Waals surface area contributed by atoms with Crippen LogP contribution in [0.3, 0.4) is 0 Å². The Kier molecular flexibility index (Phi) is 7.43. The molecule has 3 rings (SSSR count). The molecule has 1 aliphatic rings. The van der Waals surface area contributed by atoms with Crippen molar-refractivity contribution in [3.05, 3.63) is 59.4 Å². The molecule has 1 atom stereocenters. The molecule has 1 aliphatic heterocycles. The van der Waals surface area contributed by atoms with Gasteiger partial charge in [-0.3, -0.25) is 14.7 Å². The van der Waals surface area contributed by atoms with Gasteiger partial charge in [-0.05, 0) is 68.5 Å². The van der Waals surface area contributed by atoms with Crippen LogP contribution in [0.25, 0.3) is 0 Å². The summed E-state index contributed by atoms with van der Waals surface area (Å²) in [6.07, 6.45) is 3.94. The van der Waals surface area contributed by atoms with Gasteiger partial charge in [0.15, 0.2) is 0 Å². The average molecular weight is 382 g/mol. The van der Waals surface area contributed by atoms with Gasteiger partial charge in [-0.15, -0.1) is 0 Å². The fourth-order valence-electron chi connectivity index (χ4n) is 3.85. The number of benzene rings is 1. The third-order valence-electron chi connectivity index (χ3n) is 5.34. The van der Waals surface area contributed by atoms with Crippen molar-refractivity contribution in [2.45, 2.75) is 45.7 Å². The number of amides is 1. The molecule has 0 spiro atoms. The lowest BCUT2D eigenvalue weighted by molar-refractivity contribution is -0.121. The third-order valence-corrected chi connectivity index (χ3v) is 5.34. The van der Waals surface area contributed by atoms with Gasteiger partial charge in [-0.2, -0.15) is 0 Å². The van der Waals surface area contributed by atoms with Crippen molar-refractivity contribution in [3.63, 3.8) is 0 Å². The maximum atomic E-state index is 12.3. The van der Waals surface area contributed by atoms with Crippen molar-refractivity contribution >= 4 is 5.91 Å². The standard InChI is InChI=1S/C23H31N3O2/c1-18-6-3-9-21(25-18)17-26-13-5-8-19(16-26)11-12-23(27)24-15-20-7-4-10-22(14-20)28-2/h3-4,6-7,9-10,14,19H,5,8,11-13,15-17H2,1-2H3,(H,24,27)/t19-/m1/s1. The van der Waals surface area contributed by atoms with E-state index in [9.17, 15) is 4.79 Å². The van der Waals surface area contributed by atoms with Crippen LogP contribution < -0.4 is 10.1 Å². The minimum absolute atomic E-state index is 0.125. The summed E-state index contributed by atoms with van der Waals surface area (Å²) < 4.78 is 5.23. The van der Waals surface area contributed by atoms with Crippen LogP contribution in [0.1, 0.15) is 42.6 Å². The van der Waals surface area contributed by atoms with E-state index in [0.717, 1.165) is 48.8 Å². The quantitative estimate of drug-likeness (QED) is 0.757. The van der Waals surface area contributed by atoms with Gasteiger partial charge in [0.2, 0.25) is 5.91 Å². The molecule has 1 aromatic carbocycles. The van der Waals surface area contributed by atoms with Gasteiger partial charge in [-0.1, -0.05) is 18.2 Å². The van der Waals surface area contributed by atoms with Gasteiger partial charge < -0.3 is 10.1 Å². The highest BCUT2D eigenvalue weighted by atomic mass is 16.5. The molecule has 28 heavy (non-hydrogen) atoms. The fraction of sp³-hybridized carbons (Fsp3) is 0.478. The number of carbonyl (C=O) groups is 1. The smallest absolute Gasteiger partial charge is 0.220 e. The second-order valence-corrected chi connectivity index (χ2v) is 7.68. The Morgan fingerprint density at radius 1 is 1.29 bits per heavy atom. The third kappa shape index (κ3) is 6.34. The van der Waals surface area contributed by atoms with E-state index in [4.69, 9.17) is 4.74 Å². The van der Waals surface area contributed by atoms with E-state index in [1.165, 1.54) is 12.8 Å². The summed E-state index contributed by atoms with van der Waals surface area (Å²) in [6.45, 7) is 5.66. The van der Waals surface area contributed by atoms with E-state index < -0.39 is 0 Å². The maximum absolute atomic E-state index is 12.3. The van der Waals surface area contributed by atoms with Crippen molar-refractivity contribution in [1.29, 1.82) is 0 Å². The lowest BCUT2D eigenvalue weighted by Crippen LogP contribution is -2.35. The summed E-state index contributed by atoms with van der Waals surface area (Å²) in [7, 11) is 1.65. The first-order valence-corrected chi connectivity index (χ1v) is 10.2. The number of likely N-dealkylation sites (tertiary alicyclic amines) is 1. The number of aryl methyl sites for hydroxylation is 1. The Balaban J connectivity index is 1.40. The number of ether oxygens (including phenoxy) is 1. The highest BCUT2D eigenvalue weighted by molar-refractivity contribution is 5.75. The Morgan fingerprint density at radius 2 is 2.14 bits per heavy atom. The predicted octanol–water partition coefficient (Wildman–Crippen LogP) is 3.71. The summed E-state index contributed by atoms with van der Waals surface area (Å²) in [5, 5.41) is 3.03. The molecule has 1 N–H and O–H groups in total. The van der Waals surface area contributed by atoms with E-state index in [1.54, 1.807) is 7.11 Å². The Hall–Kier alpha value is -2.40. The topological polar surface area (TPSA) is 54.5 Å². The van der Waals surface area contributed by atoms with Gasteiger partial charge in [0.25, 0.3) is 0 Å². The van der Waals surface area contributed by atoms with Crippen LogP contribution in [-0.4, -0.2) is 36.0 Å². The summed E-state index contributed by atoms with van der Waals surface area (Å²) in [6, 6.07) is 14.0. The van der Waals surface area contributed by atoms with Crippen molar-refractivity contribution in [1.82, 2.24) is 15.2 Å². The number of hydrogen-bond donors (Lipinski definition) is 1. The van der Waals surface area contributed by atoms with Gasteiger partial charge in [0, 0.05) is 31.7 Å². The molecule has 0 bridgehead atoms. The lowest BCUT2D eigenvalue weighted by atomic mass is 9.93. The number of piperidine rings is 1. The summed E-state index contributed by atoms with van der Waals surface area (Å²) in [5.74, 6) is 1.53. The zero-order chi connectivity index (χ0) is 19.8. The van der Waals surface area contributed by atoms with Gasteiger partial charge >= 0.3 is 0 Å². The number of pyridine rings is 1. The van der Waals surface area contributed by atoms with E-state index >= 15 is 0 Å². The van der Waals surface area contributed by atoms with Crippen LogP contribution in [-0.2, 0) is 17.9 Å². The minimum Gasteiger partial charge on any atom is -0.497 e. The average Bonchev–Trinajstić information content (AvgIpc) is 2.71. The van der Waals surface area contributed by atoms with Crippen LogP contribution in [0.15, 0.2) is 42.5 Å². The second kappa shape index (κ2) is 10.2. The SMILES string of the molecule is COc1cccc(CNC(=O)CC[C@H]2CCCN(Cc3cccc(C)n3)C2)c1. The summed E-state index contributed by atoms with van der Waals surface area (Å²) in [5.41, 5.74) is 3.26. The highest BCUT2D eigenvalue weighted by Gasteiger charge is 2.21. The fourth-order valence-corrected chi connectivity index (χ4v) is 3.85. The number of nitrogens with one attached hydrogen (secondary N) is 1. The van der Waals surface area contributed by atoms with Gasteiger partial charge in [0.05, 0.1) is 12.8 Å². The van der Waals surface area contributed by atoms with E-state index in [2.05, 4.69) is 27.3 Å². The molecule has 5 heteroatoms. The van der Waals surface area contributed by atoms with Crippen LogP contribution in [0.2, 0.25) is 0 Å². The molecule has 1 fully saturated rings. The molecule has 1 amide bonds. The van der Waals surface area contributed by atoms with Crippen LogP contribution in [0.5, 0.6) is 5.75 Å². The number of nitrogens with zero attached hydrogens (tertiary/aromatic N) is 2. The maximum Gasteiger partial charge on any atom is 0.220 e. The Labute approximate surface area is 168 Å². The normalized spacial score (nSPS) is 17.3. The van der Waals surface area contributed by atoms with Gasteiger partial charge in [0.1, 0.15) is 5.75 Å². The monoisotopic (exact) mass is 381 g/mol. The molecule has 0 radical (unpaired) electrons. The number of methoxy groups -OCH3 is 1. The number of rotatable bonds is 8. The molecule has 2 aromatic rings. The molecule has 0 saturated carbocycles. The predicted molar refractivity (Wildman–Crippen MR) is 111 cm³/mol. The van der Waals surface area contributed by atoms with E-state index in [1.807, 2.05) is 37.3 Å². The summed E-state index contributed by atoms with van der Waals surface area (Å²) in [4.78, 5) is 19.4. The Bertz CT molecular complexity index is 778. The largest absolute Gasteiger partial charge is 0.497 e. The summed E-state index contributed by atoms with van der Waals surface area (Å²) >= 11 is 0. The van der Waals surface area contributed by atoms with Crippen molar-refractivity contribution in [2.24, 2.45) is 5.92 Å². The van der Waals surface area contributed by atoms with Crippen molar-refractivity contribution < 1.29 is 9.53 Å². The van der Waals surface area contributed by atoms with Crippen molar-refractivity contribution in [2.75, 3.05) is 20.2 Å². The first-order valence-electron chi connectivity index (χ1n) is 10.2. The highest BCUT2D eigenvalue weighted by Crippen LogP contribution is 2.22. The number of hydrogen-bond acceptors (Lipinski definition) is 4. The molecular formula is C23H31N3O2. The minimum atomic E-state index is 0.125.